The largest absolute Gasteiger partial charge is 0.393 e. The third-order valence-corrected chi connectivity index (χ3v) is 4.41. The lowest BCUT2D eigenvalue weighted by molar-refractivity contribution is 0.130. The zero-order chi connectivity index (χ0) is 13.8. The second-order valence-electron chi connectivity index (χ2n) is 6.21. The molecule has 106 valence electrons. The molecule has 0 amide bonds. The molecule has 0 spiro atoms. The van der Waals surface area contributed by atoms with Crippen molar-refractivity contribution in [2.24, 2.45) is 5.92 Å². The first-order valence-electron chi connectivity index (χ1n) is 7.59. The molecule has 2 N–H and O–H groups in total. The van der Waals surface area contributed by atoms with Crippen LogP contribution in [0.3, 0.4) is 0 Å². The third kappa shape index (κ3) is 3.80. The smallest absolute Gasteiger partial charge is 0.0580 e. The van der Waals surface area contributed by atoms with Crippen LogP contribution in [0.4, 0.5) is 0 Å². The van der Waals surface area contributed by atoms with Crippen LogP contribution in [0.25, 0.3) is 0 Å². The standard InChI is InChI=1S/C17H27NO/c1-12(2)14-7-9-15(10-8-14)13(3)18-11-16-5-4-6-17(16)19/h7-10,12-13,16-19H,4-6,11H2,1-3H3. The van der Waals surface area contributed by atoms with Crippen LogP contribution >= 0.6 is 0 Å². The average Bonchev–Trinajstić information content (AvgIpc) is 2.81. The minimum absolute atomic E-state index is 0.0944. The van der Waals surface area contributed by atoms with Crippen LogP contribution in [-0.4, -0.2) is 17.8 Å². The van der Waals surface area contributed by atoms with E-state index in [0.29, 0.717) is 17.9 Å². The summed E-state index contributed by atoms with van der Waals surface area (Å²) in [5.41, 5.74) is 2.72. The second-order valence-corrected chi connectivity index (χ2v) is 6.21. The molecular formula is C17H27NO. The van der Waals surface area contributed by atoms with E-state index in [4.69, 9.17) is 0 Å². The quantitative estimate of drug-likeness (QED) is 0.848. The number of hydrogen-bond acceptors (Lipinski definition) is 2. The van der Waals surface area contributed by atoms with Crippen molar-refractivity contribution in [3.8, 4) is 0 Å². The Morgan fingerprint density at radius 3 is 2.26 bits per heavy atom. The van der Waals surface area contributed by atoms with Gasteiger partial charge in [-0.2, -0.15) is 0 Å². The van der Waals surface area contributed by atoms with Crippen LogP contribution in [0.15, 0.2) is 24.3 Å². The lowest BCUT2D eigenvalue weighted by Crippen LogP contribution is -2.29. The summed E-state index contributed by atoms with van der Waals surface area (Å²) in [7, 11) is 0. The fourth-order valence-electron chi connectivity index (χ4n) is 2.87. The van der Waals surface area contributed by atoms with Gasteiger partial charge in [0.05, 0.1) is 6.10 Å². The Morgan fingerprint density at radius 2 is 1.74 bits per heavy atom. The molecular weight excluding hydrogens is 234 g/mol. The van der Waals surface area contributed by atoms with Gasteiger partial charge >= 0.3 is 0 Å². The molecule has 19 heavy (non-hydrogen) atoms. The van der Waals surface area contributed by atoms with Crippen LogP contribution < -0.4 is 5.32 Å². The molecule has 2 nitrogen and oxygen atoms in total. The number of nitrogens with one attached hydrogen (secondary N) is 1. The van der Waals surface area contributed by atoms with Gasteiger partial charge in [0, 0.05) is 12.6 Å². The van der Waals surface area contributed by atoms with Gasteiger partial charge < -0.3 is 10.4 Å². The van der Waals surface area contributed by atoms with E-state index in [1.165, 1.54) is 17.5 Å². The molecule has 0 heterocycles. The summed E-state index contributed by atoms with van der Waals surface area (Å²) in [5, 5.41) is 13.4. The fourth-order valence-corrected chi connectivity index (χ4v) is 2.87. The zero-order valence-corrected chi connectivity index (χ0v) is 12.4. The van der Waals surface area contributed by atoms with Crippen molar-refractivity contribution in [1.82, 2.24) is 5.32 Å². The van der Waals surface area contributed by atoms with Gasteiger partial charge in [-0.1, -0.05) is 44.5 Å². The highest BCUT2D eigenvalue weighted by molar-refractivity contribution is 5.26. The van der Waals surface area contributed by atoms with Crippen molar-refractivity contribution >= 4 is 0 Å². The highest BCUT2D eigenvalue weighted by atomic mass is 16.3. The Balaban J connectivity index is 1.87. The van der Waals surface area contributed by atoms with Crippen LogP contribution in [-0.2, 0) is 0 Å². The Bertz CT molecular complexity index is 385. The molecule has 1 aromatic rings. The van der Waals surface area contributed by atoms with Gasteiger partial charge in [0.1, 0.15) is 0 Å². The third-order valence-electron chi connectivity index (χ3n) is 4.41. The van der Waals surface area contributed by atoms with Crippen molar-refractivity contribution in [2.45, 2.75) is 58.1 Å². The first kappa shape index (κ1) is 14.5. The van der Waals surface area contributed by atoms with Crippen LogP contribution in [0, 0.1) is 5.92 Å². The van der Waals surface area contributed by atoms with Crippen molar-refractivity contribution in [3.05, 3.63) is 35.4 Å². The number of hydrogen-bond donors (Lipinski definition) is 2. The second kappa shape index (κ2) is 6.53. The Labute approximate surface area is 117 Å². The van der Waals surface area contributed by atoms with Gasteiger partial charge in [-0.05, 0) is 42.7 Å². The molecule has 2 heteroatoms. The van der Waals surface area contributed by atoms with E-state index >= 15 is 0 Å². The van der Waals surface area contributed by atoms with E-state index in [-0.39, 0.29) is 6.10 Å². The Morgan fingerprint density at radius 1 is 1.11 bits per heavy atom. The van der Waals surface area contributed by atoms with Crippen molar-refractivity contribution in [1.29, 1.82) is 0 Å². The summed E-state index contributed by atoms with van der Waals surface area (Å²) in [5.74, 6) is 1.03. The van der Waals surface area contributed by atoms with Gasteiger partial charge in [-0.15, -0.1) is 0 Å². The first-order valence-corrected chi connectivity index (χ1v) is 7.59. The predicted octanol–water partition coefficient (Wildman–Crippen LogP) is 3.62. The molecule has 2 rings (SSSR count). The average molecular weight is 261 g/mol. The van der Waals surface area contributed by atoms with E-state index in [0.717, 1.165) is 19.4 Å². The summed E-state index contributed by atoms with van der Waals surface area (Å²) < 4.78 is 0. The van der Waals surface area contributed by atoms with Crippen molar-refractivity contribution < 1.29 is 5.11 Å². The monoisotopic (exact) mass is 261 g/mol. The molecule has 0 bridgehead atoms. The molecule has 1 aromatic carbocycles. The number of aliphatic hydroxyl groups is 1. The van der Waals surface area contributed by atoms with Gasteiger partial charge in [-0.25, -0.2) is 0 Å². The van der Waals surface area contributed by atoms with Gasteiger partial charge in [0.15, 0.2) is 0 Å². The molecule has 0 radical (unpaired) electrons. The van der Waals surface area contributed by atoms with E-state index in [1.807, 2.05) is 0 Å². The maximum atomic E-state index is 9.83. The normalized spacial score (nSPS) is 24.9. The van der Waals surface area contributed by atoms with E-state index in [1.54, 1.807) is 0 Å². The molecule has 1 fully saturated rings. The van der Waals surface area contributed by atoms with Gasteiger partial charge in [0.2, 0.25) is 0 Å². The van der Waals surface area contributed by atoms with E-state index in [9.17, 15) is 5.11 Å². The molecule has 0 saturated heterocycles. The SMILES string of the molecule is CC(C)c1ccc(C(C)NCC2CCCC2O)cc1. The summed E-state index contributed by atoms with van der Waals surface area (Å²) in [6.45, 7) is 7.57. The summed E-state index contributed by atoms with van der Waals surface area (Å²) in [6.07, 6.45) is 3.21. The van der Waals surface area contributed by atoms with E-state index in [2.05, 4.69) is 50.4 Å². The van der Waals surface area contributed by atoms with Gasteiger partial charge in [0.25, 0.3) is 0 Å². The molecule has 1 aliphatic rings. The number of aliphatic hydroxyl groups excluding tert-OH is 1. The highest BCUT2D eigenvalue weighted by Gasteiger charge is 2.25. The van der Waals surface area contributed by atoms with Crippen molar-refractivity contribution in [2.75, 3.05) is 6.54 Å². The predicted molar refractivity (Wildman–Crippen MR) is 80.3 cm³/mol. The number of rotatable bonds is 5. The molecule has 3 atom stereocenters. The van der Waals surface area contributed by atoms with Crippen LogP contribution in [0.2, 0.25) is 0 Å². The minimum atomic E-state index is -0.0944. The summed E-state index contributed by atoms with van der Waals surface area (Å²) in [4.78, 5) is 0. The molecule has 0 aliphatic heterocycles. The minimum Gasteiger partial charge on any atom is -0.393 e. The fraction of sp³-hybridized carbons (Fsp3) is 0.647. The van der Waals surface area contributed by atoms with Crippen LogP contribution in [0.1, 0.15) is 63.1 Å². The van der Waals surface area contributed by atoms with Crippen molar-refractivity contribution in [3.63, 3.8) is 0 Å². The maximum Gasteiger partial charge on any atom is 0.0580 e. The first-order chi connectivity index (χ1) is 9.08. The van der Waals surface area contributed by atoms with Crippen LogP contribution in [0.5, 0.6) is 0 Å². The Kier molecular flexibility index (Phi) is 5.00. The maximum absolute atomic E-state index is 9.83. The summed E-state index contributed by atoms with van der Waals surface area (Å²) >= 11 is 0. The number of benzene rings is 1. The molecule has 0 aromatic heterocycles. The zero-order valence-electron chi connectivity index (χ0n) is 12.4. The van der Waals surface area contributed by atoms with E-state index < -0.39 is 0 Å². The lowest BCUT2D eigenvalue weighted by atomic mass is 9.99. The summed E-state index contributed by atoms with van der Waals surface area (Å²) in [6, 6.07) is 9.25. The topological polar surface area (TPSA) is 32.3 Å². The molecule has 3 unspecified atom stereocenters. The molecule has 1 aliphatic carbocycles. The highest BCUT2D eigenvalue weighted by Crippen LogP contribution is 2.26. The van der Waals surface area contributed by atoms with Gasteiger partial charge in [-0.3, -0.25) is 0 Å². The lowest BCUT2D eigenvalue weighted by Gasteiger charge is -2.20. The molecule has 1 saturated carbocycles. The Hall–Kier alpha value is -0.860.